The molecule has 0 aliphatic heterocycles. The van der Waals surface area contributed by atoms with Gasteiger partial charge in [0.1, 0.15) is 5.01 Å². The summed E-state index contributed by atoms with van der Waals surface area (Å²) in [7, 11) is 0. The minimum absolute atomic E-state index is 0.195. The van der Waals surface area contributed by atoms with Gasteiger partial charge in [0.05, 0.1) is 4.83 Å². The summed E-state index contributed by atoms with van der Waals surface area (Å²) >= 11 is 4.78. The van der Waals surface area contributed by atoms with Gasteiger partial charge in [-0.05, 0) is 20.3 Å². The van der Waals surface area contributed by atoms with Crippen LogP contribution in [-0.2, 0) is 5.67 Å². The SMILES string of the molecule is CCC(Br)c1nnc(C(C)(C)F)s1. The van der Waals surface area contributed by atoms with Crippen LogP contribution in [0.15, 0.2) is 0 Å². The lowest BCUT2D eigenvalue weighted by atomic mass is 10.2. The van der Waals surface area contributed by atoms with Crippen LogP contribution in [-0.4, -0.2) is 10.2 Å². The lowest BCUT2D eigenvalue weighted by molar-refractivity contribution is 0.219. The lowest BCUT2D eigenvalue weighted by Crippen LogP contribution is -2.07. The zero-order valence-corrected chi connectivity index (χ0v) is 10.2. The molecule has 0 spiro atoms. The smallest absolute Gasteiger partial charge is 0.158 e. The summed E-state index contributed by atoms with van der Waals surface area (Å²) in [6, 6.07) is 0. The Labute approximate surface area is 89.7 Å². The Kier molecular flexibility index (Phi) is 3.40. The van der Waals surface area contributed by atoms with E-state index in [9.17, 15) is 4.39 Å². The first kappa shape index (κ1) is 11.0. The average molecular weight is 267 g/mol. The fourth-order valence-electron chi connectivity index (χ4n) is 0.776. The molecular weight excluding hydrogens is 255 g/mol. The zero-order chi connectivity index (χ0) is 10.1. The Bertz CT molecular complexity index is 282. The summed E-state index contributed by atoms with van der Waals surface area (Å²) < 4.78 is 13.4. The molecule has 74 valence electrons. The second-order valence-electron chi connectivity index (χ2n) is 3.29. The summed E-state index contributed by atoms with van der Waals surface area (Å²) in [6.07, 6.45) is 0.932. The fourth-order valence-corrected chi connectivity index (χ4v) is 2.05. The summed E-state index contributed by atoms with van der Waals surface area (Å²) in [5, 5.41) is 9.05. The van der Waals surface area contributed by atoms with Crippen LogP contribution in [0.25, 0.3) is 0 Å². The van der Waals surface area contributed by atoms with Crippen molar-refractivity contribution in [2.45, 2.75) is 37.7 Å². The third-order valence-electron chi connectivity index (χ3n) is 1.58. The van der Waals surface area contributed by atoms with Gasteiger partial charge in [-0.2, -0.15) is 0 Å². The minimum Gasteiger partial charge on any atom is -0.237 e. The third-order valence-corrected chi connectivity index (χ3v) is 4.30. The van der Waals surface area contributed by atoms with Gasteiger partial charge in [-0.15, -0.1) is 10.2 Å². The van der Waals surface area contributed by atoms with Crippen LogP contribution in [0.1, 0.15) is 42.0 Å². The summed E-state index contributed by atoms with van der Waals surface area (Å²) in [5.74, 6) is 0. The van der Waals surface area contributed by atoms with Gasteiger partial charge in [-0.25, -0.2) is 4.39 Å². The van der Waals surface area contributed by atoms with Gasteiger partial charge in [-0.1, -0.05) is 34.2 Å². The van der Waals surface area contributed by atoms with Crippen LogP contribution >= 0.6 is 27.3 Å². The predicted octanol–water partition coefficient (Wildman–Crippen LogP) is 3.59. The van der Waals surface area contributed by atoms with Crippen LogP contribution in [0.5, 0.6) is 0 Å². The molecule has 0 fully saturated rings. The predicted molar refractivity (Wildman–Crippen MR) is 56.0 cm³/mol. The van der Waals surface area contributed by atoms with Gasteiger partial charge in [0.25, 0.3) is 0 Å². The molecule has 0 saturated carbocycles. The van der Waals surface area contributed by atoms with Crippen LogP contribution in [0.3, 0.4) is 0 Å². The van der Waals surface area contributed by atoms with Crippen molar-refractivity contribution >= 4 is 27.3 Å². The maximum Gasteiger partial charge on any atom is 0.158 e. The van der Waals surface area contributed by atoms with E-state index in [1.165, 1.54) is 25.2 Å². The van der Waals surface area contributed by atoms with E-state index >= 15 is 0 Å². The number of halogens is 2. The molecule has 0 N–H and O–H groups in total. The summed E-state index contributed by atoms with van der Waals surface area (Å²) in [6.45, 7) is 5.03. The van der Waals surface area contributed by atoms with Gasteiger partial charge in [0, 0.05) is 0 Å². The number of hydrogen-bond donors (Lipinski definition) is 0. The van der Waals surface area contributed by atoms with Crippen LogP contribution in [0, 0.1) is 0 Å². The second-order valence-corrected chi connectivity index (χ2v) is 5.41. The van der Waals surface area contributed by atoms with E-state index in [-0.39, 0.29) is 4.83 Å². The summed E-state index contributed by atoms with van der Waals surface area (Å²) in [4.78, 5) is 0.195. The van der Waals surface area contributed by atoms with Gasteiger partial charge < -0.3 is 0 Å². The molecular formula is C8H12BrFN2S. The molecule has 13 heavy (non-hydrogen) atoms. The highest BCUT2D eigenvalue weighted by molar-refractivity contribution is 9.09. The Morgan fingerprint density at radius 2 is 2.15 bits per heavy atom. The molecule has 5 heteroatoms. The van der Waals surface area contributed by atoms with Crippen molar-refractivity contribution in [3.8, 4) is 0 Å². The zero-order valence-electron chi connectivity index (χ0n) is 7.84. The van der Waals surface area contributed by atoms with Crippen LogP contribution < -0.4 is 0 Å². The molecule has 1 unspecified atom stereocenters. The molecule has 2 nitrogen and oxygen atoms in total. The lowest BCUT2D eigenvalue weighted by Gasteiger charge is -2.07. The van der Waals surface area contributed by atoms with Gasteiger partial charge >= 0.3 is 0 Å². The molecule has 0 amide bonds. The first-order chi connectivity index (χ1) is 5.95. The van der Waals surface area contributed by atoms with Crippen molar-refractivity contribution in [1.82, 2.24) is 10.2 Å². The Morgan fingerprint density at radius 1 is 1.54 bits per heavy atom. The van der Waals surface area contributed by atoms with E-state index in [2.05, 4.69) is 26.1 Å². The summed E-state index contributed by atoms with van der Waals surface area (Å²) in [5.41, 5.74) is -1.38. The minimum atomic E-state index is -1.38. The van der Waals surface area contributed by atoms with Crippen molar-refractivity contribution in [2.75, 3.05) is 0 Å². The van der Waals surface area contributed by atoms with E-state index in [0.717, 1.165) is 11.4 Å². The largest absolute Gasteiger partial charge is 0.237 e. The van der Waals surface area contributed by atoms with Gasteiger partial charge in [-0.3, -0.25) is 0 Å². The monoisotopic (exact) mass is 266 g/mol. The maximum atomic E-state index is 13.4. The molecule has 1 aromatic heterocycles. The Balaban J connectivity index is 2.87. The standard InChI is InChI=1S/C8H12BrFN2S/c1-4-5(9)6-11-12-7(13-6)8(2,3)10/h5H,4H2,1-3H3. The Morgan fingerprint density at radius 3 is 2.54 bits per heavy atom. The van der Waals surface area contributed by atoms with E-state index in [0.29, 0.717) is 5.01 Å². The molecule has 1 heterocycles. The molecule has 1 atom stereocenters. The number of nitrogens with zero attached hydrogens (tertiary/aromatic N) is 2. The Hall–Kier alpha value is -0.0300. The molecule has 0 radical (unpaired) electrons. The molecule has 0 bridgehead atoms. The number of hydrogen-bond acceptors (Lipinski definition) is 3. The molecule has 0 aromatic carbocycles. The normalized spacial score (nSPS) is 14.5. The van der Waals surface area contributed by atoms with Gasteiger partial charge in [0.15, 0.2) is 10.7 Å². The molecule has 1 aromatic rings. The van der Waals surface area contributed by atoms with E-state index < -0.39 is 5.67 Å². The van der Waals surface area contributed by atoms with Crippen molar-refractivity contribution < 1.29 is 4.39 Å². The molecule has 1 rings (SSSR count). The van der Waals surface area contributed by atoms with E-state index in [1.807, 2.05) is 6.92 Å². The number of aromatic nitrogens is 2. The van der Waals surface area contributed by atoms with Crippen LogP contribution in [0.2, 0.25) is 0 Å². The van der Waals surface area contributed by atoms with Crippen molar-refractivity contribution in [2.24, 2.45) is 0 Å². The maximum absolute atomic E-state index is 13.4. The highest BCUT2D eigenvalue weighted by Crippen LogP contribution is 2.33. The fraction of sp³-hybridized carbons (Fsp3) is 0.750. The third kappa shape index (κ3) is 2.71. The quantitative estimate of drug-likeness (QED) is 0.782. The molecule has 0 aliphatic rings. The highest BCUT2D eigenvalue weighted by Gasteiger charge is 2.25. The van der Waals surface area contributed by atoms with Crippen molar-refractivity contribution in [3.63, 3.8) is 0 Å². The number of rotatable bonds is 3. The van der Waals surface area contributed by atoms with E-state index in [4.69, 9.17) is 0 Å². The molecule has 0 saturated heterocycles. The van der Waals surface area contributed by atoms with E-state index in [1.54, 1.807) is 0 Å². The van der Waals surface area contributed by atoms with Gasteiger partial charge in [0.2, 0.25) is 0 Å². The van der Waals surface area contributed by atoms with Crippen LogP contribution in [0.4, 0.5) is 4.39 Å². The second kappa shape index (κ2) is 4.00. The van der Waals surface area contributed by atoms with Crippen molar-refractivity contribution in [1.29, 1.82) is 0 Å². The average Bonchev–Trinajstić information content (AvgIpc) is 2.50. The van der Waals surface area contributed by atoms with Crippen molar-refractivity contribution in [3.05, 3.63) is 10.0 Å². The highest BCUT2D eigenvalue weighted by atomic mass is 79.9. The molecule has 0 aliphatic carbocycles. The topological polar surface area (TPSA) is 25.8 Å². The first-order valence-corrected chi connectivity index (χ1v) is 5.85. The first-order valence-electron chi connectivity index (χ1n) is 4.12. The number of alkyl halides is 2.